The number of halogens is 2. The van der Waals surface area contributed by atoms with Crippen LogP contribution < -0.4 is 0 Å². The molecule has 0 aliphatic carbocycles. The molecule has 0 saturated heterocycles. The summed E-state index contributed by atoms with van der Waals surface area (Å²) in [7, 11) is -4.06. The zero-order chi connectivity index (χ0) is 8.91. The molecule has 0 amide bonds. The fraction of sp³-hybridized carbons (Fsp3) is 1.00. The molecule has 68 valence electrons. The van der Waals surface area contributed by atoms with Gasteiger partial charge >= 0.3 is 7.60 Å². The van der Waals surface area contributed by atoms with Crippen LogP contribution in [0, 0.1) is 0 Å². The van der Waals surface area contributed by atoms with Crippen LogP contribution in [-0.4, -0.2) is 34.0 Å². The van der Waals surface area contributed by atoms with E-state index in [9.17, 15) is 4.57 Å². The van der Waals surface area contributed by atoms with Gasteiger partial charge in [-0.1, -0.05) is 11.6 Å². The first-order valence-corrected chi connectivity index (χ1v) is 5.59. The van der Waals surface area contributed by atoms with E-state index in [1.54, 1.807) is 0 Å². The van der Waals surface area contributed by atoms with Crippen molar-refractivity contribution in [1.29, 1.82) is 0 Å². The van der Waals surface area contributed by atoms with Gasteiger partial charge in [0.15, 0.2) is 0 Å². The van der Waals surface area contributed by atoms with Crippen molar-refractivity contribution in [2.75, 3.05) is 18.6 Å². The molecule has 0 aliphatic heterocycles. The summed E-state index contributed by atoms with van der Waals surface area (Å²) in [5.74, 6) is 0.254. The van der Waals surface area contributed by atoms with Crippen LogP contribution in [0.2, 0.25) is 0 Å². The quantitative estimate of drug-likeness (QED) is 0.538. The minimum absolute atomic E-state index is 0.190. The molecule has 2 N–H and O–H groups in total. The smallest absolute Gasteiger partial charge is 0.329 e. The maximum Gasteiger partial charge on any atom is 0.329 e. The molecule has 0 radical (unpaired) electrons. The molecule has 1 atom stereocenters. The summed E-state index contributed by atoms with van der Waals surface area (Å²) in [6.07, 6.45) is -0.481. The number of ether oxygens (including phenoxy) is 1. The van der Waals surface area contributed by atoms with E-state index in [4.69, 9.17) is 37.7 Å². The van der Waals surface area contributed by atoms with Crippen LogP contribution >= 0.6 is 30.8 Å². The SMILES string of the molecule is O=P(O)(O)CC(Cl)OCCCl. The van der Waals surface area contributed by atoms with Gasteiger partial charge in [0.05, 0.1) is 12.8 Å². The monoisotopic (exact) mass is 222 g/mol. The van der Waals surface area contributed by atoms with Crippen LogP contribution in [0.15, 0.2) is 0 Å². The molecule has 0 spiro atoms. The predicted octanol–water partition coefficient (Wildman–Crippen LogP) is 0.984. The summed E-state index contributed by atoms with van der Waals surface area (Å²) in [4.78, 5) is 16.8. The Morgan fingerprint density at radius 3 is 2.45 bits per heavy atom. The number of hydrogen-bond acceptors (Lipinski definition) is 2. The molecule has 1 unspecified atom stereocenters. The van der Waals surface area contributed by atoms with Crippen LogP contribution in [0.25, 0.3) is 0 Å². The lowest BCUT2D eigenvalue weighted by molar-refractivity contribution is 0.131. The number of alkyl halides is 2. The zero-order valence-corrected chi connectivity index (χ0v) is 8.02. The minimum atomic E-state index is -4.06. The summed E-state index contributed by atoms with van der Waals surface area (Å²) in [5, 5.41) is 0. The van der Waals surface area contributed by atoms with Gasteiger partial charge in [0.2, 0.25) is 0 Å². The van der Waals surface area contributed by atoms with E-state index in [1.807, 2.05) is 0 Å². The van der Waals surface area contributed by atoms with E-state index in [1.165, 1.54) is 0 Å². The highest BCUT2D eigenvalue weighted by atomic mass is 35.5. The van der Waals surface area contributed by atoms with Gasteiger partial charge in [-0.15, -0.1) is 11.6 Å². The molecule has 4 nitrogen and oxygen atoms in total. The van der Waals surface area contributed by atoms with E-state index >= 15 is 0 Å². The van der Waals surface area contributed by atoms with Gasteiger partial charge in [0, 0.05) is 5.88 Å². The maximum atomic E-state index is 10.3. The van der Waals surface area contributed by atoms with E-state index in [2.05, 4.69) is 0 Å². The molecule has 0 rings (SSSR count). The Kier molecular flexibility index (Phi) is 5.69. The van der Waals surface area contributed by atoms with Crippen LogP contribution in [0.5, 0.6) is 0 Å². The van der Waals surface area contributed by atoms with Crippen molar-refractivity contribution in [3.63, 3.8) is 0 Å². The lowest BCUT2D eigenvalue weighted by atomic mass is 10.8. The fourth-order valence-electron chi connectivity index (χ4n) is 0.412. The molecule has 0 bridgehead atoms. The molecular formula is C4H9Cl2O4P. The third-order valence-electron chi connectivity index (χ3n) is 0.757. The molecule has 0 saturated carbocycles. The predicted molar refractivity (Wildman–Crippen MR) is 43.2 cm³/mol. The van der Waals surface area contributed by atoms with Gasteiger partial charge in [-0.05, 0) is 0 Å². The molecule has 0 aromatic heterocycles. The second kappa shape index (κ2) is 5.36. The largest absolute Gasteiger partial charge is 0.361 e. The highest BCUT2D eigenvalue weighted by Crippen LogP contribution is 2.36. The first-order chi connectivity index (χ1) is 4.95. The van der Waals surface area contributed by atoms with Crippen molar-refractivity contribution in [1.82, 2.24) is 0 Å². The lowest BCUT2D eigenvalue weighted by Gasteiger charge is -2.10. The molecule has 0 heterocycles. The lowest BCUT2D eigenvalue weighted by Crippen LogP contribution is -2.12. The number of rotatable bonds is 5. The molecule has 0 aliphatic rings. The third kappa shape index (κ3) is 8.60. The third-order valence-corrected chi connectivity index (χ3v) is 2.21. The zero-order valence-electron chi connectivity index (χ0n) is 5.61. The van der Waals surface area contributed by atoms with Crippen molar-refractivity contribution >= 4 is 30.8 Å². The van der Waals surface area contributed by atoms with Gasteiger partial charge < -0.3 is 14.5 Å². The normalized spacial score (nSPS) is 14.9. The van der Waals surface area contributed by atoms with E-state index in [0.717, 1.165) is 0 Å². The number of hydrogen-bond donors (Lipinski definition) is 2. The molecule has 11 heavy (non-hydrogen) atoms. The van der Waals surface area contributed by atoms with Crippen LogP contribution in [-0.2, 0) is 9.30 Å². The summed E-state index contributed by atoms with van der Waals surface area (Å²) in [5.41, 5.74) is -0.963. The Hall–Kier alpha value is 0.690. The summed E-state index contributed by atoms with van der Waals surface area (Å²) < 4.78 is 15.0. The Morgan fingerprint density at radius 1 is 1.55 bits per heavy atom. The molecule has 0 fully saturated rings. The average Bonchev–Trinajstić information content (AvgIpc) is 1.79. The molecule has 0 aromatic rings. The second-order valence-corrected chi connectivity index (χ2v) is 4.38. The van der Waals surface area contributed by atoms with Gasteiger partial charge in [-0.2, -0.15) is 0 Å². The van der Waals surface area contributed by atoms with Crippen molar-refractivity contribution in [3.8, 4) is 0 Å². The first kappa shape index (κ1) is 11.7. The van der Waals surface area contributed by atoms with Gasteiger partial charge in [-0.25, -0.2) is 0 Å². The van der Waals surface area contributed by atoms with Crippen molar-refractivity contribution in [2.24, 2.45) is 0 Å². The van der Waals surface area contributed by atoms with Gasteiger partial charge in [0.25, 0.3) is 0 Å². The Labute approximate surface area is 74.6 Å². The summed E-state index contributed by atoms with van der Waals surface area (Å²) in [6, 6.07) is 0. The topological polar surface area (TPSA) is 66.8 Å². The van der Waals surface area contributed by atoms with Crippen molar-refractivity contribution < 1.29 is 19.1 Å². The van der Waals surface area contributed by atoms with Gasteiger partial charge in [0.1, 0.15) is 5.56 Å². The van der Waals surface area contributed by atoms with Crippen LogP contribution in [0.1, 0.15) is 0 Å². The average molecular weight is 223 g/mol. The molecule has 7 heteroatoms. The Balaban J connectivity index is 3.52. The van der Waals surface area contributed by atoms with Gasteiger partial charge in [-0.3, -0.25) is 4.57 Å². The summed E-state index contributed by atoms with van der Waals surface area (Å²) in [6.45, 7) is 0.190. The van der Waals surface area contributed by atoms with E-state index in [0.29, 0.717) is 0 Å². The van der Waals surface area contributed by atoms with E-state index in [-0.39, 0.29) is 12.5 Å². The van der Waals surface area contributed by atoms with Crippen LogP contribution in [0.3, 0.4) is 0 Å². The molecule has 0 aromatic carbocycles. The Morgan fingerprint density at radius 2 is 2.09 bits per heavy atom. The maximum absolute atomic E-state index is 10.3. The standard InChI is InChI=1S/C4H9Cl2O4P/c5-1-2-10-4(6)3-11(7,8)9/h4H,1-3H2,(H2,7,8,9). The second-order valence-electron chi connectivity index (χ2n) is 1.82. The fourth-order valence-corrected chi connectivity index (χ4v) is 1.61. The summed E-state index contributed by atoms with van der Waals surface area (Å²) >= 11 is 10.6. The first-order valence-electron chi connectivity index (χ1n) is 2.82. The van der Waals surface area contributed by atoms with Crippen molar-refractivity contribution in [2.45, 2.75) is 5.56 Å². The highest BCUT2D eigenvalue weighted by Gasteiger charge is 2.19. The highest BCUT2D eigenvalue weighted by molar-refractivity contribution is 7.51. The Bertz CT molecular complexity index is 147. The minimum Gasteiger partial charge on any atom is -0.361 e. The van der Waals surface area contributed by atoms with Crippen LogP contribution in [0.4, 0.5) is 0 Å². The van der Waals surface area contributed by atoms with E-state index < -0.39 is 19.3 Å². The molecular weight excluding hydrogens is 214 g/mol. The van der Waals surface area contributed by atoms with Crippen molar-refractivity contribution in [3.05, 3.63) is 0 Å².